The third-order valence-corrected chi connectivity index (χ3v) is 5.35. The number of hydrogen-bond acceptors (Lipinski definition) is 7. The number of rotatable bonds is 3. The highest BCUT2D eigenvalue weighted by Gasteiger charge is 2.38. The number of nitrogens with zero attached hydrogens (tertiary/aromatic N) is 3. The van der Waals surface area contributed by atoms with E-state index in [1.807, 2.05) is 37.4 Å². The molecule has 1 fully saturated rings. The van der Waals surface area contributed by atoms with Gasteiger partial charge in [-0.05, 0) is 49.6 Å². The third-order valence-electron chi connectivity index (χ3n) is 4.42. The van der Waals surface area contributed by atoms with Gasteiger partial charge in [0.25, 0.3) is 0 Å². The minimum Gasteiger partial charge on any atom is -0.506 e. The largest absolute Gasteiger partial charge is 0.506 e. The second kappa shape index (κ2) is 5.39. The van der Waals surface area contributed by atoms with Crippen LogP contribution in [0, 0.1) is 6.92 Å². The summed E-state index contributed by atoms with van der Waals surface area (Å²) in [4.78, 5) is 4.45. The van der Waals surface area contributed by atoms with E-state index in [2.05, 4.69) is 20.5 Å². The molecule has 0 aliphatic heterocycles. The average molecular weight is 342 g/mol. The number of aromatic hydroxyl groups is 1. The summed E-state index contributed by atoms with van der Waals surface area (Å²) in [5.74, 6) is 0.672. The smallest absolute Gasteiger partial charge is 0.243 e. The van der Waals surface area contributed by atoms with Gasteiger partial charge in [-0.1, -0.05) is 6.07 Å². The molecule has 124 valence electrons. The molecule has 6 nitrogen and oxygen atoms in total. The Morgan fingerprint density at radius 2 is 2.04 bits per heavy atom. The van der Waals surface area contributed by atoms with Crippen LogP contribution in [-0.2, 0) is 0 Å². The number of nitrogens with one attached hydrogen (secondary N) is 1. The normalized spacial score (nSPS) is 23.2. The Hall–Kier alpha value is -2.25. The van der Waals surface area contributed by atoms with Gasteiger partial charge in [0.1, 0.15) is 11.4 Å². The van der Waals surface area contributed by atoms with Gasteiger partial charge in [-0.15, -0.1) is 21.5 Å². The molecule has 2 heterocycles. The lowest BCUT2D eigenvalue weighted by molar-refractivity contribution is -0.0236. The molecule has 24 heavy (non-hydrogen) atoms. The molecule has 7 heteroatoms. The first-order chi connectivity index (χ1) is 11.4. The van der Waals surface area contributed by atoms with E-state index in [9.17, 15) is 10.2 Å². The first-order valence-corrected chi connectivity index (χ1v) is 8.71. The van der Waals surface area contributed by atoms with Crippen molar-refractivity contribution in [3.63, 3.8) is 0 Å². The van der Waals surface area contributed by atoms with E-state index in [-0.39, 0.29) is 11.8 Å². The van der Waals surface area contributed by atoms with Crippen LogP contribution in [0.1, 0.15) is 25.5 Å². The quantitative estimate of drug-likeness (QED) is 0.677. The van der Waals surface area contributed by atoms with Crippen LogP contribution in [0.25, 0.3) is 21.3 Å². The number of thiophene rings is 1. The van der Waals surface area contributed by atoms with E-state index in [4.69, 9.17) is 0 Å². The summed E-state index contributed by atoms with van der Waals surface area (Å²) in [5.41, 5.74) is 1.32. The number of aryl methyl sites for hydroxylation is 1. The fourth-order valence-corrected chi connectivity index (χ4v) is 4.05. The van der Waals surface area contributed by atoms with Crippen LogP contribution in [0.15, 0.2) is 23.6 Å². The van der Waals surface area contributed by atoms with Crippen molar-refractivity contribution in [1.82, 2.24) is 15.2 Å². The van der Waals surface area contributed by atoms with Crippen molar-refractivity contribution < 1.29 is 10.2 Å². The lowest BCUT2D eigenvalue weighted by Gasteiger charge is -2.41. The molecule has 1 aliphatic carbocycles. The molecule has 0 atom stereocenters. The van der Waals surface area contributed by atoms with Crippen LogP contribution in [0.5, 0.6) is 5.75 Å². The summed E-state index contributed by atoms with van der Waals surface area (Å²) in [6.07, 6.45) is 1.35. The second-order valence-corrected chi connectivity index (χ2v) is 7.53. The van der Waals surface area contributed by atoms with Crippen LogP contribution in [0.4, 0.5) is 5.95 Å². The highest BCUT2D eigenvalue weighted by molar-refractivity contribution is 7.17. The zero-order valence-corrected chi connectivity index (χ0v) is 14.3. The monoisotopic (exact) mass is 342 g/mol. The maximum atomic E-state index is 10.5. The van der Waals surface area contributed by atoms with Crippen LogP contribution >= 0.6 is 11.3 Å². The zero-order chi connectivity index (χ0) is 16.9. The number of hydrogen-bond donors (Lipinski definition) is 3. The molecule has 2 aromatic heterocycles. The Morgan fingerprint density at radius 1 is 1.25 bits per heavy atom. The van der Waals surface area contributed by atoms with Crippen molar-refractivity contribution >= 4 is 27.4 Å². The first-order valence-electron chi connectivity index (χ1n) is 7.83. The van der Waals surface area contributed by atoms with Gasteiger partial charge in [-0.25, -0.2) is 4.98 Å². The summed E-state index contributed by atoms with van der Waals surface area (Å²) in [7, 11) is 0. The molecular formula is C17H18N4O2S. The van der Waals surface area contributed by atoms with E-state index in [1.54, 1.807) is 0 Å². The zero-order valence-electron chi connectivity index (χ0n) is 13.4. The van der Waals surface area contributed by atoms with Crippen molar-refractivity contribution in [2.24, 2.45) is 0 Å². The standard InChI is InChI=1S/C17H18N4O2S/c1-9-13(12-4-3-10-5-6-24-15(10)14(12)22)20-21-16(18-9)19-11-7-17(2,23)8-11/h3-6,11,22-23H,7-8H2,1-2H3,(H,18,19,21). The van der Waals surface area contributed by atoms with Gasteiger partial charge in [0, 0.05) is 11.6 Å². The van der Waals surface area contributed by atoms with Gasteiger partial charge < -0.3 is 15.5 Å². The van der Waals surface area contributed by atoms with E-state index in [0.29, 0.717) is 35.7 Å². The van der Waals surface area contributed by atoms with Crippen molar-refractivity contribution in [3.05, 3.63) is 29.3 Å². The molecule has 1 saturated carbocycles. The number of phenols is 1. The molecule has 0 saturated heterocycles. The summed E-state index contributed by atoms with van der Waals surface area (Å²) >= 11 is 1.50. The van der Waals surface area contributed by atoms with E-state index >= 15 is 0 Å². The molecule has 3 N–H and O–H groups in total. The van der Waals surface area contributed by atoms with Crippen molar-refractivity contribution in [3.8, 4) is 17.0 Å². The van der Waals surface area contributed by atoms with Crippen LogP contribution < -0.4 is 5.32 Å². The molecule has 4 rings (SSSR count). The summed E-state index contributed by atoms with van der Waals surface area (Å²) in [5, 5.41) is 34.8. The fraction of sp³-hybridized carbons (Fsp3) is 0.353. The minimum absolute atomic E-state index is 0.169. The van der Waals surface area contributed by atoms with Crippen molar-refractivity contribution in [1.29, 1.82) is 0 Å². The molecule has 0 amide bonds. The Kier molecular flexibility index (Phi) is 3.43. The molecular weight excluding hydrogens is 324 g/mol. The highest BCUT2D eigenvalue weighted by atomic mass is 32.1. The molecule has 3 aromatic rings. The summed E-state index contributed by atoms with van der Waals surface area (Å²) < 4.78 is 0.840. The predicted octanol–water partition coefficient (Wildman–Crippen LogP) is 3.09. The van der Waals surface area contributed by atoms with Gasteiger partial charge in [-0.2, -0.15) is 0 Å². The van der Waals surface area contributed by atoms with Gasteiger partial charge in [-0.3, -0.25) is 0 Å². The van der Waals surface area contributed by atoms with Gasteiger partial charge in [0.05, 0.1) is 16.0 Å². The molecule has 0 bridgehead atoms. The topological polar surface area (TPSA) is 91.2 Å². The number of fused-ring (bicyclic) bond motifs is 1. The maximum absolute atomic E-state index is 10.5. The second-order valence-electron chi connectivity index (χ2n) is 6.62. The van der Waals surface area contributed by atoms with Gasteiger partial charge in [0.2, 0.25) is 5.95 Å². The van der Waals surface area contributed by atoms with E-state index in [0.717, 1.165) is 10.1 Å². The van der Waals surface area contributed by atoms with Crippen LogP contribution in [-0.4, -0.2) is 37.0 Å². The number of anilines is 1. The van der Waals surface area contributed by atoms with Gasteiger partial charge >= 0.3 is 0 Å². The van der Waals surface area contributed by atoms with Crippen molar-refractivity contribution in [2.75, 3.05) is 5.32 Å². The third kappa shape index (κ3) is 2.59. The van der Waals surface area contributed by atoms with E-state index < -0.39 is 5.60 Å². The fourth-order valence-electron chi connectivity index (χ4n) is 3.21. The Balaban J connectivity index is 1.63. The lowest BCUT2D eigenvalue weighted by Crippen LogP contribution is -2.48. The summed E-state index contributed by atoms with van der Waals surface area (Å²) in [6.45, 7) is 3.67. The number of benzene rings is 1. The Labute approximate surface area is 143 Å². The molecule has 1 aromatic carbocycles. The molecule has 0 spiro atoms. The predicted molar refractivity (Wildman–Crippen MR) is 94.3 cm³/mol. The maximum Gasteiger partial charge on any atom is 0.243 e. The van der Waals surface area contributed by atoms with Crippen LogP contribution in [0.2, 0.25) is 0 Å². The molecule has 0 radical (unpaired) electrons. The SMILES string of the molecule is Cc1nc(NC2CC(C)(O)C2)nnc1-c1ccc2ccsc2c1O. The number of aliphatic hydroxyl groups is 1. The number of aromatic nitrogens is 3. The minimum atomic E-state index is -0.595. The van der Waals surface area contributed by atoms with Crippen molar-refractivity contribution in [2.45, 2.75) is 38.3 Å². The molecule has 0 unspecified atom stereocenters. The Bertz CT molecular complexity index is 914. The van der Waals surface area contributed by atoms with Gasteiger partial charge in [0.15, 0.2) is 0 Å². The summed E-state index contributed by atoms with van der Waals surface area (Å²) in [6, 6.07) is 5.95. The Morgan fingerprint density at radius 3 is 2.75 bits per heavy atom. The van der Waals surface area contributed by atoms with E-state index in [1.165, 1.54) is 11.3 Å². The van der Waals surface area contributed by atoms with Crippen LogP contribution in [0.3, 0.4) is 0 Å². The lowest BCUT2D eigenvalue weighted by atomic mass is 9.77. The highest BCUT2D eigenvalue weighted by Crippen LogP contribution is 2.38. The first kappa shape index (κ1) is 15.3. The molecule has 1 aliphatic rings. The number of phenolic OH excluding ortho intramolecular Hbond substituents is 1. The average Bonchev–Trinajstić information content (AvgIpc) is 2.96.